The summed E-state index contributed by atoms with van der Waals surface area (Å²) >= 11 is 0. The number of nitrogens with one attached hydrogen (secondary N) is 2. The van der Waals surface area contributed by atoms with Crippen LogP contribution in [0.4, 0.5) is 27.5 Å². The average Bonchev–Trinajstić information content (AvgIpc) is 2.87. The van der Waals surface area contributed by atoms with E-state index in [1.54, 1.807) is 6.21 Å². The molecule has 5 heteroatoms. The molecule has 37 heavy (non-hydrogen) atoms. The highest BCUT2D eigenvalue weighted by atomic mass is 16.2. The van der Waals surface area contributed by atoms with E-state index in [-0.39, 0.29) is 6.03 Å². The molecule has 0 heterocycles. The van der Waals surface area contributed by atoms with Gasteiger partial charge in [-0.15, -0.1) is 0 Å². The van der Waals surface area contributed by atoms with Crippen LogP contribution in [0.15, 0.2) is 89.9 Å². The Morgan fingerprint density at radius 1 is 0.757 bits per heavy atom. The number of aryl methyl sites for hydroxylation is 5. The van der Waals surface area contributed by atoms with Crippen molar-refractivity contribution in [1.29, 1.82) is 0 Å². The average molecular weight is 489 g/mol. The number of carbonyl (C=O) groups excluding carboxylic acids is 1. The zero-order chi connectivity index (χ0) is 26.4. The Morgan fingerprint density at radius 3 is 2.00 bits per heavy atom. The van der Waals surface area contributed by atoms with Gasteiger partial charge in [-0.3, -0.25) is 9.89 Å². The number of anilines is 3. The third-order valence-corrected chi connectivity index (χ3v) is 6.24. The lowest BCUT2D eigenvalue weighted by atomic mass is 10.1. The Hall–Kier alpha value is -4.38. The molecule has 0 aliphatic rings. The van der Waals surface area contributed by atoms with Crippen molar-refractivity contribution < 1.29 is 4.79 Å². The standard InChI is InChI=1S/C32H32N4O/c1-22-16-18-28(19-17-22)36(21-34-31-25(4)12-9-13-26(31)5)32(37)35-29-15-7-6-14-27(29)20-33-30-23(2)10-8-11-24(30)3/h6-20,34H,1-5H3,(H,35,37). The van der Waals surface area contributed by atoms with Crippen molar-refractivity contribution >= 4 is 35.0 Å². The Balaban J connectivity index is 1.60. The lowest BCUT2D eigenvalue weighted by Gasteiger charge is -2.24. The molecule has 2 radical (unpaired) electrons. The number of aliphatic imine (C=N–C) groups is 1. The summed E-state index contributed by atoms with van der Waals surface area (Å²) in [6, 6.07) is 27.2. The van der Waals surface area contributed by atoms with E-state index in [2.05, 4.69) is 17.3 Å². The molecule has 5 nitrogen and oxygen atoms in total. The number of hydrogen-bond acceptors (Lipinski definition) is 3. The van der Waals surface area contributed by atoms with Gasteiger partial charge < -0.3 is 10.6 Å². The summed E-state index contributed by atoms with van der Waals surface area (Å²) in [5, 5.41) is 6.27. The SMILES string of the molecule is Cc1ccc(N([C]Nc2c(C)cccc2C)C(=O)Nc2ccccc2C=Nc2c(C)cccc2C)cc1. The van der Waals surface area contributed by atoms with E-state index in [0.29, 0.717) is 11.4 Å². The molecule has 4 rings (SSSR count). The molecule has 0 aliphatic carbocycles. The maximum Gasteiger partial charge on any atom is 0.328 e. The van der Waals surface area contributed by atoms with Crippen LogP contribution >= 0.6 is 0 Å². The van der Waals surface area contributed by atoms with Gasteiger partial charge in [-0.1, -0.05) is 72.3 Å². The smallest absolute Gasteiger partial charge is 0.328 e. The van der Waals surface area contributed by atoms with Gasteiger partial charge in [0, 0.05) is 23.2 Å². The zero-order valence-electron chi connectivity index (χ0n) is 22.0. The predicted octanol–water partition coefficient (Wildman–Crippen LogP) is 8.13. The van der Waals surface area contributed by atoms with Crippen molar-refractivity contribution in [2.75, 3.05) is 15.5 Å². The lowest BCUT2D eigenvalue weighted by molar-refractivity contribution is 0.258. The summed E-state index contributed by atoms with van der Waals surface area (Å²) in [6.07, 6.45) is 1.80. The first-order chi connectivity index (χ1) is 17.8. The number of nitrogens with zero attached hydrogens (tertiary/aromatic N) is 2. The monoisotopic (exact) mass is 488 g/mol. The van der Waals surface area contributed by atoms with Crippen molar-refractivity contribution in [3.05, 3.63) is 125 Å². The minimum Gasteiger partial charge on any atom is -0.355 e. The molecule has 0 saturated carbocycles. The highest BCUT2D eigenvalue weighted by Crippen LogP contribution is 2.26. The first kappa shape index (κ1) is 25.7. The van der Waals surface area contributed by atoms with Crippen LogP contribution in [0.3, 0.4) is 0 Å². The Bertz CT molecular complexity index is 1380. The van der Waals surface area contributed by atoms with Crippen LogP contribution in [-0.2, 0) is 0 Å². The molecule has 0 aromatic heterocycles. The Kier molecular flexibility index (Phi) is 8.04. The van der Waals surface area contributed by atoms with Crippen molar-refractivity contribution in [3.8, 4) is 0 Å². The van der Waals surface area contributed by atoms with Gasteiger partial charge >= 0.3 is 6.03 Å². The number of hydrogen-bond donors (Lipinski definition) is 2. The van der Waals surface area contributed by atoms with Gasteiger partial charge in [0.2, 0.25) is 6.67 Å². The second kappa shape index (κ2) is 11.6. The Morgan fingerprint density at radius 2 is 1.35 bits per heavy atom. The van der Waals surface area contributed by atoms with Gasteiger partial charge in [0.25, 0.3) is 0 Å². The van der Waals surface area contributed by atoms with E-state index in [9.17, 15) is 4.79 Å². The van der Waals surface area contributed by atoms with Crippen molar-refractivity contribution in [1.82, 2.24) is 0 Å². The molecular weight excluding hydrogens is 456 g/mol. The fourth-order valence-corrected chi connectivity index (χ4v) is 4.09. The lowest BCUT2D eigenvalue weighted by Crippen LogP contribution is -2.35. The molecule has 0 fully saturated rings. The Labute approximate surface area is 219 Å². The number of amides is 2. The fraction of sp³-hybridized carbons (Fsp3) is 0.156. The van der Waals surface area contributed by atoms with Crippen LogP contribution in [0.2, 0.25) is 0 Å². The number of benzene rings is 4. The highest BCUT2D eigenvalue weighted by molar-refractivity contribution is 6.05. The van der Waals surface area contributed by atoms with E-state index in [1.165, 1.54) is 4.90 Å². The molecule has 0 bridgehead atoms. The topological polar surface area (TPSA) is 56.7 Å². The van der Waals surface area contributed by atoms with Gasteiger partial charge in [-0.2, -0.15) is 0 Å². The molecule has 0 atom stereocenters. The van der Waals surface area contributed by atoms with Crippen LogP contribution in [0, 0.1) is 41.3 Å². The minimum atomic E-state index is -0.337. The molecule has 0 spiro atoms. The second-order valence-electron chi connectivity index (χ2n) is 9.19. The van der Waals surface area contributed by atoms with Crippen LogP contribution in [0.25, 0.3) is 0 Å². The second-order valence-corrected chi connectivity index (χ2v) is 9.19. The minimum absolute atomic E-state index is 0.337. The number of carbonyl (C=O) groups is 1. The summed E-state index contributed by atoms with van der Waals surface area (Å²) in [7, 11) is 0. The summed E-state index contributed by atoms with van der Waals surface area (Å²) < 4.78 is 0. The van der Waals surface area contributed by atoms with Gasteiger partial charge in [0.1, 0.15) is 0 Å². The van der Waals surface area contributed by atoms with Gasteiger partial charge in [-0.25, -0.2) is 4.79 Å². The van der Waals surface area contributed by atoms with Crippen LogP contribution in [0.1, 0.15) is 33.4 Å². The molecule has 0 aliphatic heterocycles. The quantitative estimate of drug-likeness (QED) is 0.204. The highest BCUT2D eigenvalue weighted by Gasteiger charge is 2.19. The van der Waals surface area contributed by atoms with E-state index >= 15 is 0 Å². The predicted molar refractivity (Wildman–Crippen MR) is 155 cm³/mol. The first-order valence-electron chi connectivity index (χ1n) is 12.3. The number of para-hydroxylation sites is 3. The zero-order valence-corrected chi connectivity index (χ0v) is 22.0. The number of rotatable bonds is 7. The molecule has 0 saturated heterocycles. The van der Waals surface area contributed by atoms with Gasteiger partial charge in [0.05, 0.1) is 11.4 Å². The third-order valence-electron chi connectivity index (χ3n) is 6.24. The first-order valence-corrected chi connectivity index (χ1v) is 12.3. The van der Waals surface area contributed by atoms with Crippen LogP contribution in [0.5, 0.6) is 0 Å². The van der Waals surface area contributed by atoms with Gasteiger partial charge in [-0.05, 0) is 75.1 Å². The molecule has 4 aromatic carbocycles. The van der Waals surface area contributed by atoms with Crippen molar-refractivity contribution in [3.63, 3.8) is 0 Å². The molecule has 186 valence electrons. The molecule has 2 N–H and O–H groups in total. The van der Waals surface area contributed by atoms with E-state index in [4.69, 9.17) is 4.99 Å². The van der Waals surface area contributed by atoms with E-state index in [1.807, 2.05) is 120 Å². The molecule has 0 unspecified atom stereocenters. The summed E-state index contributed by atoms with van der Waals surface area (Å²) in [6.45, 7) is 13.3. The van der Waals surface area contributed by atoms with Crippen LogP contribution in [-0.4, -0.2) is 12.2 Å². The summed E-state index contributed by atoms with van der Waals surface area (Å²) in [5.74, 6) is 0. The third kappa shape index (κ3) is 6.25. The number of urea groups is 1. The maximum absolute atomic E-state index is 13.6. The molecule has 2 amide bonds. The van der Waals surface area contributed by atoms with Crippen LogP contribution < -0.4 is 15.5 Å². The van der Waals surface area contributed by atoms with Crippen molar-refractivity contribution in [2.24, 2.45) is 4.99 Å². The normalized spacial score (nSPS) is 10.9. The summed E-state index contributed by atoms with van der Waals surface area (Å²) in [4.78, 5) is 19.8. The fourth-order valence-electron chi connectivity index (χ4n) is 4.09. The van der Waals surface area contributed by atoms with E-state index in [0.717, 1.165) is 44.8 Å². The van der Waals surface area contributed by atoms with Gasteiger partial charge in [0.15, 0.2) is 0 Å². The summed E-state index contributed by atoms with van der Waals surface area (Å²) in [5.41, 5.74) is 9.49. The largest absolute Gasteiger partial charge is 0.355 e. The van der Waals surface area contributed by atoms with Crippen molar-refractivity contribution in [2.45, 2.75) is 34.6 Å². The maximum atomic E-state index is 13.6. The van der Waals surface area contributed by atoms with E-state index < -0.39 is 0 Å². The molecule has 4 aromatic rings. The molecular formula is C32H32N4O.